The molecular weight excluding hydrogens is 394 g/mol. The van der Waals surface area contributed by atoms with Crippen LogP contribution < -0.4 is 16.6 Å². The number of aromatic nitrogens is 2. The summed E-state index contributed by atoms with van der Waals surface area (Å²) >= 11 is 0. The first-order chi connectivity index (χ1) is 14.8. The van der Waals surface area contributed by atoms with Gasteiger partial charge in [-0.3, -0.25) is 14.4 Å². The molecule has 1 aliphatic rings. The van der Waals surface area contributed by atoms with Crippen molar-refractivity contribution in [2.24, 2.45) is 5.92 Å². The minimum Gasteiger partial charge on any atom is -0.383 e. The summed E-state index contributed by atoms with van der Waals surface area (Å²) in [5.74, 6) is -0.625. The molecule has 0 aliphatic carbocycles. The molecular formula is C23H25N5O3. The molecule has 0 unspecified atom stereocenters. The monoisotopic (exact) mass is 419 g/mol. The van der Waals surface area contributed by atoms with Crippen molar-refractivity contribution in [2.45, 2.75) is 32.7 Å². The number of hydrogen-bond donors (Lipinski definition) is 3. The lowest BCUT2D eigenvalue weighted by Crippen LogP contribution is -2.46. The number of H-pyrrole nitrogens is 1. The number of rotatable bonds is 2. The first-order valence-corrected chi connectivity index (χ1v) is 10.3. The third kappa shape index (κ3) is 4.14. The van der Waals surface area contributed by atoms with Crippen LogP contribution in [0.25, 0.3) is 10.8 Å². The van der Waals surface area contributed by atoms with Crippen LogP contribution in [-0.4, -0.2) is 33.2 Å². The number of fused-ring (bicyclic) bond motifs is 1. The second kappa shape index (κ2) is 8.22. The third-order valence-corrected chi connectivity index (χ3v) is 5.83. The number of carbonyl (C=O) groups excluding carboxylic acids is 2. The summed E-state index contributed by atoms with van der Waals surface area (Å²) in [6.07, 6.45) is 4.74. The molecule has 2 aromatic heterocycles. The van der Waals surface area contributed by atoms with Crippen LogP contribution in [0.4, 0.5) is 11.5 Å². The molecule has 0 radical (unpaired) electrons. The summed E-state index contributed by atoms with van der Waals surface area (Å²) in [5, 5.41) is 4.04. The van der Waals surface area contributed by atoms with Gasteiger partial charge in [0.2, 0.25) is 0 Å². The summed E-state index contributed by atoms with van der Waals surface area (Å²) in [6.45, 7) is 4.35. The van der Waals surface area contributed by atoms with E-state index in [1.54, 1.807) is 30.2 Å². The fourth-order valence-electron chi connectivity index (χ4n) is 4.11. The maximum Gasteiger partial charge on any atom is 0.313 e. The topological polar surface area (TPSA) is 121 Å². The number of nitrogen functional groups attached to an aromatic ring is 1. The summed E-state index contributed by atoms with van der Waals surface area (Å²) < 4.78 is 0. The molecule has 4 rings (SSSR count). The summed E-state index contributed by atoms with van der Waals surface area (Å²) in [4.78, 5) is 46.2. The van der Waals surface area contributed by atoms with Crippen molar-refractivity contribution in [1.82, 2.24) is 14.9 Å². The van der Waals surface area contributed by atoms with E-state index >= 15 is 0 Å². The highest BCUT2D eigenvalue weighted by molar-refractivity contribution is 6.39. The molecule has 0 spiro atoms. The van der Waals surface area contributed by atoms with E-state index in [1.165, 1.54) is 6.20 Å². The number of pyridine rings is 2. The largest absolute Gasteiger partial charge is 0.383 e. The Hall–Kier alpha value is -3.68. The Balaban J connectivity index is 1.61. The van der Waals surface area contributed by atoms with Gasteiger partial charge < -0.3 is 20.9 Å². The van der Waals surface area contributed by atoms with Crippen molar-refractivity contribution in [2.75, 3.05) is 17.6 Å². The molecule has 1 aliphatic heterocycles. The number of benzene rings is 1. The average Bonchev–Trinajstić information content (AvgIpc) is 2.75. The van der Waals surface area contributed by atoms with Crippen molar-refractivity contribution in [3.8, 4) is 0 Å². The van der Waals surface area contributed by atoms with Gasteiger partial charge >= 0.3 is 11.8 Å². The molecule has 3 aromatic rings. The van der Waals surface area contributed by atoms with E-state index in [0.717, 1.165) is 29.4 Å². The number of aryl methyl sites for hydroxylation is 1. The van der Waals surface area contributed by atoms with Crippen LogP contribution in [0.2, 0.25) is 0 Å². The zero-order valence-corrected chi connectivity index (χ0v) is 17.5. The second-order valence-corrected chi connectivity index (χ2v) is 8.19. The van der Waals surface area contributed by atoms with E-state index in [1.807, 2.05) is 18.2 Å². The van der Waals surface area contributed by atoms with Crippen molar-refractivity contribution < 1.29 is 9.59 Å². The number of nitrogens with two attached hydrogens (primary N) is 1. The minimum absolute atomic E-state index is 0.152. The number of piperidine rings is 1. The molecule has 3 heterocycles. The Morgan fingerprint density at radius 3 is 2.81 bits per heavy atom. The SMILES string of the molecule is Cc1cc(NC(=O)C(=O)N2C[C@H](C)CC[C@H]2c2ccc3c(=O)[nH]ccc3c2)cnc1N. The van der Waals surface area contributed by atoms with Gasteiger partial charge in [-0.15, -0.1) is 0 Å². The Morgan fingerprint density at radius 2 is 2.03 bits per heavy atom. The van der Waals surface area contributed by atoms with Gasteiger partial charge in [-0.05, 0) is 66.5 Å². The number of hydrogen-bond acceptors (Lipinski definition) is 5. The molecule has 8 heteroatoms. The van der Waals surface area contributed by atoms with Gasteiger partial charge in [0.25, 0.3) is 5.56 Å². The number of anilines is 2. The van der Waals surface area contributed by atoms with Gasteiger partial charge in [-0.2, -0.15) is 0 Å². The number of aromatic amines is 1. The van der Waals surface area contributed by atoms with E-state index in [0.29, 0.717) is 23.4 Å². The van der Waals surface area contributed by atoms with Crippen LogP contribution in [0.5, 0.6) is 0 Å². The van der Waals surface area contributed by atoms with E-state index in [-0.39, 0.29) is 17.5 Å². The van der Waals surface area contributed by atoms with E-state index < -0.39 is 11.8 Å². The number of likely N-dealkylation sites (tertiary alicyclic amines) is 1. The van der Waals surface area contributed by atoms with Gasteiger partial charge in [0.15, 0.2) is 0 Å². The molecule has 0 bridgehead atoms. The smallest absolute Gasteiger partial charge is 0.313 e. The molecule has 8 nitrogen and oxygen atoms in total. The Labute approximate surface area is 179 Å². The highest BCUT2D eigenvalue weighted by Gasteiger charge is 2.34. The summed E-state index contributed by atoms with van der Waals surface area (Å²) in [6, 6.07) is 8.85. The van der Waals surface area contributed by atoms with Crippen molar-refractivity contribution in [3.63, 3.8) is 0 Å². The van der Waals surface area contributed by atoms with Crippen LogP contribution >= 0.6 is 0 Å². The minimum atomic E-state index is -0.706. The third-order valence-electron chi connectivity index (χ3n) is 5.83. The lowest BCUT2D eigenvalue weighted by Gasteiger charge is -2.38. The highest BCUT2D eigenvalue weighted by atomic mass is 16.2. The quantitative estimate of drug-likeness (QED) is 0.552. The molecule has 31 heavy (non-hydrogen) atoms. The fourth-order valence-corrected chi connectivity index (χ4v) is 4.11. The zero-order chi connectivity index (χ0) is 22.1. The second-order valence-electron chi connectivity index (χ2n) is 8.19. The lowest BCUT2D eigenvalue weighted by molar-refractivity contribution is -0.146. The first kappa shape index (κ1) is 20.6. The highest BCUT2D eigenvalue weighted by Crippen LogP contribution is 2.34. The van der Waals surface area contributed by atoms with Crippen LogP contribution in [0.15, 0.2) is 47.5 Å². The lowest BCUT2D eigenvalue weighted by atomic mass is 9.89. The fraction of sp³-hybridized carbons (Fsp3) is 0.304. The molecule has 1 saturated heterocycles. The van der Waals surface area contributed by atoms with Gasteiger partial charge in [0.1, 0.15) is 5.82 Å². The zero-order valence-electron chi connectivity index (χ0n) is 17.5. The van der Waals surface area contributed by atoms with Crippen LogP contribution in [0.1, 0.15) is 36.9 Å². The molecule has 0 saturated carbocycles. The molecule has 1 fully saturated rings. The maximum atomic E-state index is 13.1. The summed E-state index contributed by atoms with van der Waals surface area (Å²) in [5.41, 5.74) is 7.63. The summed E-state index contributed by atoms with van der Waals surface area (Å²) in [7, 11) is 0. The Morgan fingerprint density at radius 1 is 1.23 bits per heavy atom. The van der Waals surface area contributed by atoms with Crippen molar-refractivity contribution >= 4 is 34.1 Å². The van der Waals surface area contributed by atoms with E-state index in [4.69, 9.17) is 5.73 Å². The van der Waals surface area contributed by atoms with Gasteiger partial charge in [-0.25, -0.2) is 4.98 Å². The normalized spacial score (nSPS) is 18.7. The van der Waals surface area contributed by atoms with Crippen molar-refractivity contribution in [3.05, 3.63) is 64.2 Å². The number of amides is 2. The molecule has 4 N–H and O–H groups in total. The average molecular weight is 419 g/mol. The molecule has 2 amide bonds. The first-order valence-electron chi connectivity index (χ1n) is 10.3. The predicted molar refractivity (Wildman–Crippen MR) is 119 cm³/mol. The van der Waals surface area contributed by atoms with E-state index in [2.05, 4.69) is 22.2 Å². The number of nitrogens with zero attached hydrogens (tertiary/aromatic N) is 2. The van der Waals surface area contributed by atoms with E-state index in [9.17, 15) is 14.4 Å². The molecule has 160 valence electrons. The van der Waals surface area contributed by atoms with Gasteiger partial charge in [-0.1, -0.05) is 13.0 Å². The maximum absolute atomic E-state index is 13.1. The van der Waals surface area contributed by atoms with Gasteiger partial charge in [0, 0.05) is 18.1 Å². The van der Waals surface area contributed by atoms with Crippen LogP contribution in [0.3, 0.4) is 0 Å². The number of nitrogens with one attached hydrogen (secondary N) is 2. The molecule has 1 aromatic carbocycles. The van der Waals surface area contributed by atoms with Crippen LogP contribution in [-0.2, 0) is 9.59 Å². The Kier molecular flexibility index (Phi) is 5.46. The standard InChI is InChI=1S/C23H25N5O3/c1-13-3-6-19(16-4-5-18-15(10-16)7-8-25-21(18)29)28(12-13)23(31)22(30)27-17-9-14(2)20(24)26-11-17/h4-5,7-11,13,19H,3,6,12H2,1-2H3,(H2,24,26)(H,25,29)(H,27,30)/t13-,19+/m1/s1. The van der Waals surface area contributed by atoms with Crippen LogP contribution in [0, 0.1) is 12.8 Å². The predicted octanol–water partition coefficient (Wildman–Crippen LogP) is 2.75. The van der Waals surface area contributed by atoms with Gasteiger partial charge in [0.05, 0.1) is 17.9 Å². The van der Waals surface area contributed by atoms with Crippen molar-refractivity contribution in [1.29, 1.82) is 0 Å². The Bertz CT molecular complexity index is 1220. The number of carbonyl (C=O) groups is 2. The molecule has 2 atom stereocenters.